The number of methoxy groups -OCH3 is 4. The summed E-state index contributed by atoms with van der Waals surface area (Å²) in [5.41, 5.74) is 2.93. The topological polar surface area (TPSA) is 55.4 Å². The molecule has 0 fully saturated rings. The summed E-state index contributed by atoms with van der Waals surface area (Å²) in [6, 6.07) is 11.1. The van der Waals surface area contributed by atoms with Crippen LogP contribution in [0.3, 0.4) is 0 Å². The van der Waals surface area contributed by atoms with Crippen LogP contribution in [0.5, 0.6) is 34.5 Å². The third kappa shape index (κ3) is 8.23. The van der Waals surface area contributed by atoms with Crippen molar-refractivity contribution in [2.24, 2.45) is 0 Å². The van der Waals surface area contributed by atoms with Crippen LogP contribution in [-0.2, 0) is 0 Å². The first-order chi connectivity index (χ1) is 23.0. The van der Waals surface area contributed by atoms with E-state index in [1.165, 1.54) is 0 Å². The molecule has 0 N–H and O–H groups in total. The third-order valence-corrected chi connectivity index (χ3v) is 9.55. The molecule has 256 valence electrons. The van der Waals surface area contributed by atoms with Gasteiger partial charge in [-0.15, -0.1) is 0 Å². The van der Waals surface area contributed by atoms with Crippen LogP contribution in [0, 0.1) is 0 Å². The van der Waals surface area contributed by atoms with Gasteiger partial charge in [-0.1, -0.05) is 84.6 Å². The Bertz CT molecular complexity index is 1650. The van der Waals surface area contributed by atoms with Crippen LogP contribution in [0.25, 0.3) is 35.1 Å². The Morgan fingerprint density at radius 3 is 1.10 bits per heavy atom. The quantitative estimate of drug-likeness (QED) is 0.120. The normalized spacial score (nSPS) is 12.8. The molecule has 0 bridgehead atoms. The van der Waals surface area contributed by atoms with Crippen LogP contribution in [0.1, 0.15) is 62.8 Å². The monoisotopic (exact) mass is 732 g/mol. The minimum atomic E-state index is -0.0160. The molecule has 2 unspecified atom stereocenters. The van der Waals surface area contributed by atoms with Crippen LogP contribution in [0.2, 0.25) is 20.1 Å². The summed E-state index contributed by atoms with van der Waals surface area (Å²) in [6.07, 6.45) is 9.19. The maximum atomic E-state index is 6.81. The van der Waals surface area contributed by atoms with E-state index in [9.17, 15) is 0 Å². The van der Waals surface area contributed by atoms with Crippen molar-refractivity contribution in [1.82, 2.24) is 0 Å². The standard InChI is InChI=1S/C38H40Cl4O6/c1-9-21(3)47-37-31(43-5)15-23(16-32(37)44-6)11-13-25-27-19-30(40)36(42)26(28(27)20-29(39)35(25)41)14-12-24-17-33(45-7)38(34(18-24)46-8)48-22(4)10-2/h11-22H,9-10H2,1-8H3/b13-11+,14-12+. The Kier molecular flexibility index (Phi) is 13.1. The minimum Gasteiger partial charge on any atom is -0.493 e. The molecule has 4 aromatic rings. The number of hydrogen-bond donors (Lipinski definition) is 0. The van der Waals surface area contributed by atoms with E-state index < -0.39 is 0 Å². The maximum Gasteiger partial charge on any atom is 0.203 e. The summed E-state index contributed by atoms with van der Waals surface area (Å²) in [4.78, 5) is 0. The molecule has 0 heterocycles. The molecule has 0 radical (unpaired) electrons. The second-order valence-corrected chi connectivity index (χ2v) is 12.7. The van der Waals surface area contributed by atoms with Gasteiger partial charge in [0, 0.05) is 11.1 Å². The Morgan fingerprint density at radius 1 is 0.521 bits per heavy atom. The van der Waals surface area contributed by atoms with Gasteiger partial charge >= 0.3 is 0 Å². The van der Waals surface area contributed by atoms with E-state index in [-0.39, 0.29) is 12.2 Å². The number of halogens is 4. The molecule has 6 nitrogen and oxygen atoms in total. The van der Waals surface area contributed by atoms with E-state index in [1.54, 1.807) is 40.6 Å². The van der Waals surface area contributed by atoms with E-state index in [2.05, 4.69) is 13.8 Å². The van der Waals surface area contributed by atoms with Crippen molar-refractivity contribution in [3.63, 3.8) is 0 Å². The fourth-order valence-corrected chi connectivity index (χ4v) is 5.81. The highest BCUT2D eigenvalue weighted by Crippen LogP contribution is 2.44. The second-order valence-electron chi connectivity index (χ2n) is 11.1. The summed E-state index contributed by atoms with van der Waals surface area (Å²) in [5.74, 6) is 3.28. The van der Waals surface area contributed by atoms with E-state index in [0.29, 0.717) is 65.7 Å². The van der Waals surface area contributed by atoms with Crippen LogP contribution >= 0.6 is 46.4 Å². The Balaban J connectivity index is 1.83. The van der Waals surface area contributed by atoms with Crippen LogP contribution in [-0.4, -0.2) is 40.6 Å². The first-order valence-corrected chi connectivity index (χ1v) is 17.0. The largest absolute Gasteiger partial charge is 0.493 e. The molecule has 10 heteroatoms. The average Bonchev–Trinajstić information content (AvgIpc) is 3.09. The van der Waals surface area contributed by atoms with Crippen LogP contribution in [0.4, 0.5) is 0 Å². The van der Waals surface area contributed by atoms with Gasteiger partial charge in [-0.25, -0.2) is 0 Å². The highest BCUT2D eigenvalue weighted by Gasteiger charge is 2.19. The first kappa shape index (κ1) is 37.4. The molecule has 48 heavy (non-hydrogen) atoms. The molecule has 0 spiro atoms. The summed E-state index contributed by atoms with van der Waals surface area (Å²) in [5, 5.41) is 2.99. The molecule has 4 rings (SSSR count). The summed E-state index contributed by atoms with van der Waals surface area (Å²) >= 11 is 27.1. The number of ether oxygens (including phenoxy) is 6. The summed E-state index contributed by atoms with van der Waals surface area (Å²) in [6.45, 7) is 8.09. The van der Waals surface area contributed by atoms with Crippen molar-refractivity contribution in [3.8, 4) is 34.5 Å². The lowest BCUT2D eigenvalue weighted by Crippen LogP contribution is -2.11. The van der Waals surface area contributed by atoms with Crippen molar-refractivity contribution in [1.29, 1.82) is 0 Å². The van der Waals surface area contributed by atoms with E-state index in [0.717, 1.165) is 34.7 Å². The third-order valence-electron chi connectivity index (χ3n) is 7.94. The second kappa shape index (κ2) is 16.8. The molecule has 0 aliphatic heterocycles. The van der Waals surface area contributed by atoms with Crippen molar-refractivity contribution < 1.29 is 28.4 Å². The zero-order chi connectivity index (χ0) is 35.1. The molecule has 2 atom stereocenters. The van der Waals surface area contributed by atoms with Crippen molar-refractivity contribution >= 4 is 81.5 Å². The molecular formula is C38H40Cl4O6. The van der Waals surface area contributed by atoms with E-state index in [4.69, 9.17) is 74.8 Å². The molecule has 0 aliphatic carbocycles. The van der Waals surface area contributed by atoms with Gasteiger partial charge in [0.25, 0.3) is 0 Å². The zero-order valence-corrected chi connectivity index (χ0v) is 31.3. The minimum absolute atomic E-state index is 0.0160. The van der Waals surface area contributed by atoms with Gasteiger partial charge in [0.1, 0.15) is 0 Å². The SMILES string of the molecule is CCC(C)Oc1c(OC)cc(/C=C/c2c(Cl)c(Cl)cc3c(/C=C/c4cc(OC)c(OC(C)CC)c(OC)c4)c(Cl)c(Cl)cc23)cc1OC. The van der Waals surface area contributed by atoms with Crippen LogP contribution < -0.4 is 28.4 Å². The highest BCUT2D eigenvalue weighted by molar-refractivity contribution is 6.46. The maximum absolute atomic E-state index is 6.81. The molecule has 4 aromatic carbocycles. The predicted octanol–water partition coefficient (Wildman–Crippen LogP) is 12.2. The summed E-state index contributed by atoms with van der Waals surface area (Å²) in [7, 11) is 6.37. The van der Waals surface area contributed by atoms with Gasteiger partial charge in [0.05, 0.1) is 60.7 Å². The number of hydrogen-bond acceptors (Lipinski definition) is 6. The lowest BCUT2D eigenvalue weighted by molar-refractivity contribution is 0.198. The Labute approximate surface area is 303 Å². The fraction of sp³-hybridized carbons (Fsp3) is 0.316. The number of benzene rings is 4. The van der Waals surface area contributed by atoms with Gasteiger partial charge in [-0.3, -0.25) is 0 Å². The summed E-state index contributed by atoms with van der Waals surface area (Å²) < 4.78 is 34.8. The van der Waals surface area contributed by atoms with E-state index in [1.807, 2.05) is 62.4 Å². The lowest BCUT2D eigenvalue weighted by Gasteiger charge is -2.19. The van der Waals surface area contributed by atoms with E-state index >= 15 is 0 Å². The zero-order valence-electron chi connectivity index (χ0n) is 28.3. The molecular weight excluding hydrogens is 694 g/mol. The van der Waals surface area contributed by atoms with Crippen molar-refractivity contribution in [3.05, 3.63) is 78.7 Å². The number of rotatable bonds is 14. The fourth-order valence-electron chi connectivity index (χ4n) is 4.95. The molecule has 0 saturated heterocycles. The highest BCUT2D eigenvalue weighted by atomic mass is 35.5. The van der Waals surface area contributed by atoms with Crippen LogP contribution in [0.15, 0.2) is 36.4 Å². The predicted molar refractivity (Wildman–Crippen MR) is 202 cm³/mol. The Hall–Kier alpha value is -3.42. The van der Waals surface area contributed by atoms with Crippen molar-refractivity contribution in [2.45, 2.75) is 52.7 Å². The molecule has 0 aromatic heterocycles. The molecule has 0 amide bonds. The lowest BCUT2D eigenvalue weighted by atomic mass is 9.98. The average molecular weight is 735 g/mol. The van der Waals surface area contributed by atoms with Gasteiger partial charge < -0.3 is 28.4 Å². The van der Waals surface area contributed by atoms with Gasteiger partial charge in [-0.2, -0.15) is 0 Å². The Morgan fingerprint density at radius 2 is 0.833 bits per heavy atom. The smallest absolute Gasteiger partial charge is 0.203 e. The number of fused-ring (bicyclic) bond motifs is 1. The van der Waals surface area contributed by atoms with Crippen molar-refractivity contribution in [2.75, 3.05) is 28.4 Å². The van der Waals surface area contributed by atoms with Gasteiger partial charge in [-0.05, 0) is 85.0 Å². The van der Waals surface area contributed by atoms with Gasteiger partial charge in [0.2, 0.25) is 11.5 Å². The first-order valence-electron chi connectivity index (χ1n) is 15.5. The van der Waals surface area contributed by atoms with Gasteiger partial charge in [0.15, 0.2) is 23.0 Å². The molecule has 0 saturated carbocycles. The molecule has 0 aliphatic rings.